The van der Waals surface area contributed by atoms with Crippen LogP contribution in [0.15, 0.2) is 36.4 Å². The molecule has 0 aliphatic carbocycles. The number of hydrogen-bond acceptors (Lipinski definition) is 3. The first-order valence-electron chi connectivity index (χ1n) is 5.09. The van der Waals surface area contributed by atoms with Crippen molar-refractivity contribution in [2.24, 2.45) is 0 Å². The summed E-state index contributed by atoms with van der Waals surface area (Å²) in [4.78, 5) is 21.1. The van der Waals surface area contributed by atoms with Crippen molar-refractivity contribution in [3.63, 3.8) is 0 Å². The average Bonchev–Trinajstić information content (AvgIpc) is 2.24. The standard InChI is InChI=1S/C12H14N2O3/c1-9(15)14-11-5-2-4-10(8-11)13-7-3-6-12(16)17/h2-6,8,13H,7H2,1H3,(H,14,15)(H,16,17)/b6-3+. The smallest absolute Gasteiger partial charge is 0.328 e. The molecule has 0 saturated carbocycles. The highest BCUT2D eigenvalue weighted by Crippen LogP contribution is 2.14. The van der Waals surface area contributed by atoms with Gasteiger partial charge in [0.05, 0.1) is 0 Å². The van der Waals surface area contributed by atoms with Crippen LogP contribution in [0.5, 0.6) is 0 Å². The highest BCUT2D eigenvalue weighted by atomic mass is 16.4. The average molecular weight is 234 g/mol. The molecular weight excluding hydrogens is 220 g/mol. The van der Waals surface area contributed by atoms with Crippen molar-refractivity contribution >= 4 is 23.3 Å². The van der Waals surface area contributed by atoms with Gasteiger partial charge < -0.3 is 15.7 Å². The van der Waals surface area contributed by atoms with Crippen molar-refractivity contribution < 1.29 is 14.7 Å². The normalized spacial score (nSPS) is 10.2. The summed E-state index contributed by atoms with van der Waals surface area (Å²) in [6, 6.07) is 7.18. The lowest BCUT2D eigenvalue weighted by Gasteiger charge is -2.06. The Bertz CT molecular complexity index is 441. The van der Waals surface area contributed by atoms with Crippen LogP contribution in [0.4, 0.5) is 11.4 Å². The van der Waals surface area contributed by atoms with Gasteiger partial charge in [0.15, 0.2) is 0 Å². The summed E-state index contributed by atoms with van der Waals surface area (Å²) in [5.41, 5.74) is 1.51. The van der Waals surface area contributed by atoms with E-state index in [1.54, 1.807) is 18.2 Å². The first-order chi connectivity index (χ1) is 8.08. The number of rotatable bonds is 5. The minimum atomic E-state index is -0.973. The summed E-state index contributed by atoms with van der Waals surface area (Å²) in [7, 11) is 0. The van der Waals surface area contributed by atoms with Crippen LogP contribution in [0.25, 0.3) is 0 Å². The largest absolute Gasteiger partial charge is 0.478 e. The molecule has 3 N–H and O–H groups in total. The molecular formula is C12H14N2O3. The number of amides is 1. The second kappa shape index (κ2) is 6.32. The van der Waals surface area contributed by atoms with Crippen molar-refractivity contribution in [1.29, 1.82) is 0 Å². The molecule has 0 fully saturated rings. The summed E-state index contributed by atoms with van der Waals surface area (Å²) in [6.45, 7) is 1.85. The van der Waals surface area contributed by atoms with Gasteiger partial charge in [-0.2, -0.15) is 0 Å². The molecule has 5 nitrogen and oxygen atoms in total. The maximum atomic E-state index is 10.9. The molecule has 0 aliphatic heterocycles. The molecule has 0 heterocycles. The molecule has 90 valence electrons. The predicted octanol–water partition coefficient (Wildman–Crippen LogP) is 1.70. The van der Waals surface area contributed by atoms with Gasteiger partial charge in [0, 0.05) is 30.9 Å². The molecule has 0 radical (unpaired) electrons. The topological polar surface area (TPSA) is 78.4 Å². The van der Waals surface area contributed by atoms with Gasteiger partial charge in [-0.15, -0.1) is 0 Å². The van der Waals surface area contributed by atoms with Crippen LogP contribution >= 0.6 is 0 Å². The van der Waals surface area contributed by atoms with E-state index in [0.717, 1.165) is 11.8 Å². The van der Waals surface area contributed by atoms with E-state index in [9.17, 15) is 9.59 Å². The van der Waals surface area contributed by atoms with Crippen molar-refractivity contribution in [2.45, 2.75) is 6.92 Å². The SMILES string of the molecule is CC(=O)Nc1cccc(NC/C=C/C(=O)O)c1. The molecule has 17 heavy (non-hydrogen) atoms. The summed E-state index contributed by atoms with van der Waals surface area (Å²) in [6.07, 6.45) is 2.58. The van der Waals surface area contributed by atoms with Crippen LogP contribution in [-0.4, -0.2) is 23.5 Å². The zero-order valence-corrected chi connectivity index (χ0v) is 9.43. The van der Waals surface area contributed by atoms with E-state index < -0.39 is 5.97 Å². The van der Waals surface area contributed by atoms with E-state index in [4.69, 9.17) is 5.11 Å². The minimum absolute atomic E-state index is 0.132. The quantitative estimate of drug-likeness (QED) is 0.677. The van der Waals surface area contributed by atoms with Gasteiger partial charge in [-0.05, 0) is 18.2 Å². The van der Waals surface area contributed by atoms with Crippen LogP contribution in [0.3, 0.4) is 0 Å². The fourth-order valence-electron chi connectivity index (χ4n) is 1.25. The van der Waals surface area contributed by atoms with Crippen molar-refractivity contribution in [3.05, 3.63) is 36.4 Å². The summed E-state index contributed by atoms with van der Waals surface area (Å²) in [5.74, 6) is -1.10. The molecule has 0 bridgehead atoms. The minimum Gasteiger partial charge on any atom is -0.478 e. The first-order valence-corrected chi connectivity index (χ1v) is 5.09. The molecule has 0 unspecified atom stereocenters. The zero-order valence-electron chi connectivity index (χ0n) is 9.43. The number of carboxylic acid groups (broad SMARTS) is 1. The molecule has 1 amide bonds. The Kier molecular flexibility index (Phi) is 4.75. The van der Waals surface area contributed by atoms with Crippen molar-refractivity contribution in [1.82, 2.24) is 0 Å². The Balaban J connectivity index is 2.54. The summed E-state index contributed by atoms with van der Waals surface area (Å²) in [5, 5.41) is 14.1. The van der Waals surface area contributed by atoms with Crippen LogP contribution in [0.2, 0.25) is 0 Å². The number of carboxylic acids is 1. The number of carbonyl (C=O) groups excluding carboxylic acids is 1. The monoisotopic (exact) mass is 234 g/mol. The fraction of sp³-hybridized carbons (Fsp3) is 0.167. The van der Waals surface area contributed by atoms with Gasteiger partial charge >= 0.3 is 5.97 Å². The number of anilines is 2. The Labute approximate surface area is 99.1 Å². The zero-order chi connectivity index (χ0) is 12.7. The van der Waals surface area contributed by atoms with E-state index in [1.807, 2.05) is 6.07 Å². The second-order valence-corrected chi connectivity index (χ2v) is 3.38. The van der Waals surface area contributed by atoms with E-state index in [2.05, 4.69) is 10.6 Å². The Morgan fingerprint density at radius 2 is 2.06 bits per heavy atom. The fourth-order valence-corrected chi connectivity index (χ4v) is 1.25. The third-order valence-electron chi connectivity index (χ3n) is 1.87. The molecule has 5 heteroatoms. The van der Waals surface area contributed by atoms with Crippen LogP contribution in [0.1, 0.15) is 6.92 Å². The van der Waals surface area contributed by atoms with Gasteiger partial charge in [-0.1, -0.05) is 12.1 Å². The molecule has 1 rings (SSSR count). The van der Waals surface area contributed by atoms with Gasteiger partial charge in [0.25, 0.3) is 0 Å². The molecule has 0 aliphatic rings. The van der Waals surface area contributed by atoms with E-state index in [0.29, 0.717) is 12.2 Å². The summed E-state index contributed by atoms with van der Waals surface area (Å²) < 4.78 is 0. The van der Waals surface area contributed by atoms with Gasteiger partial charge in [-0.3, -0.25) is 4.79 Å². The Morgan fingerprint density at radius 3 is 2.71 bits per heavy atom. The number of benzene rings is 1. The Hall–Kier alpha value is -2.30. The molecule has 0 aromatic heterocycles. The second-order valence-electron chi connectivity index (χ2n) is 3.38. The maximum absolute atomic E-state index is 10.9. The van der Waals surface area contributed by atoms with E-state index in [-0.39, 0.29) is 5.91 Å². The van der Waals surface area contributed by atoms with Gasteiger partial charge in [-0.25, -0.2) is 4.79 Å². The lowest BCUT2D eigenvalue weighted by atomic mass is 10.2. The maximum Gasteiger partial charge on any atom is 0.328 e. The number of aliphatic carboxylic acids is 1. The highest BCUT2D eigenvalue weighted by molar-refractivity contribution is 5.89. The van der Waals surface area contributed by atoms with Gasteiger partial charge in [0.1, 0.15) is 0 Å². The molecule has 1 aromatic rings. The van der Waals surface area contributed by atoms with E-state index >= 15 is 0 Å². The number of carbonyl (C=O) groups is 2. The predicted molar refractivity (Wildman–Crippen MR) is 66.0 cm³/mol. The highest BCUT2D eigenvalue weighted by Gasteiger charge is 1.96. The number of nitrogens with one attached hydrogen (secondary N) is 2. The van der Waals surface area contributed by atoms with Crippen LogP contribution < -0.4 is 10.6 Å². The van der Waals surface area contributed by atoms with Crippen molar-refractivity contribution in [3.8, 4) is 0 Å². The van der Waals surface area contributed by atoms with Gasteiger partial charge in [0.2, 0.25) is 5.91 Å². The third kappa shape index (κ3) is 5.36. The lowest BCUT2D eigenvalue weighted by Crippen LogP contribution is -2.06. The van der Waals surface area contributed by atoms with Crippen molar-refractivity contribution in [2.75, 3.05) is 17.2 Å². The summed E-state index contributed by atoms with van der Waals surface area (Å²) >= 11 is 0. The molecule has 0 saturated heterocycles. The Morgan fingerprint density at radius 1 is 1.35 bits per heavy atom. The number of hydrogen-bond donors (Lipinski definition) is 3. The van der Waals surface area contributed by atoms with Crippen LogP contribution in [-0.2, 0) is 9.59 Å². The molecule has 0 atom stereocenters. The first kappa shape index (κ1) is 12.8. The van der Waals surface area contributed by atoms with E-state index in [1.165, 1.54) is 13.0 Å². The third-order valence-corrected chi connectivity index (χ3v) is 1.87. The molecule has 1 aromatic carbocycles. The lowest BCUT2D eigenvalue weighted by molar-refractivity contribution is -0.131. The molecule has 0 spiro atoms. The van der Waals surface area contributed by atoms with Crippen LogP contribution in [0, 0.1) is 0 Å².